The van der Waals surface area contributed by atoms with Crippen LogP contribution in [0.5, 0.6) is 0 Å². The van der Waals surface area contributed by atoms with Crippen LogP contribution in [0.2, 0.25) is 0 Å². The van der Waals surface area contributed by atoms with E-state index in [0.717, 1.165) is 13.2 Å². The molecule has 0 bridgehead atoms. The van der Waals surface area contributed by atoms with Gasteiger partial charge in [-0.2, -0.15) is 0 Å². The van der Waals surface area contributed by atoms with Gasteiger partial charge in [0.05, 0.1) is 6.67 Å². The summed E-state index contributed by atoms with van der Waals surface area (Å²) in [4.78, 5) is 2.51. The lowest BCUT2D eigenvalue weighted by Crippen LogP contribution is -2.38. The summed E-state index contributed by atoms with van der Waals surface area (Å²) in [6.07, 6.45) is 5.23. The number of unbranched alkanes of at least 4 members (excludes halogenated alkanes) is 2. The van der Waals surface area contributed by atoms with Crippen molar-refractivity contribution < 1.29 is 0 Å². The zero-order valence-corrected chi connectivity index (χ0v) is 9.76. The zero-order valence-electron chi connectivity index (χ0n) is 9.76. The van der Waals surface area contributed by atoms with E-state index in [-0.39, 0.29) is 0 Å². The predicted molar refractivity (Wildman–Crippen MR) is 61.0 cm³/mol. The summed E-state index contributed by atoms with van der Waals surface area (Å²) in [6, 6.07) is 0. The standard InChI is InChI=1S/C11H25N3/c1-3-5-6-7-12-14-10-9-13(11-14)8-4-2/h12H,3-11H2,1-2H3. The number of nitrogens with one attached hydrogen (secondary N) is 1. The van der Waals surface area contributed by atoms with Crippen molar-refractivity contribution in [3.63, 3.8) is 0 Å². The molecule has 1 aliphatic rings. The predicted octanol–water partition coefficient (Wildman–Crippen LogP) is 1.67. The van der Waals surface area contributed by atoms with Crippen molar-refractivity contribution in [2.75, 3.05) is 32.8 Å². The minimum absolute atomic E-state index is 1.11. The van der Waals surface area contributed by atoms with Crippen molar-refractivity contribution in [2.45, 2.75) is 39.5 Å². The summed E-state index contributed by atoms with van der Waals surface area (Å²) in [5.41, 5.74) is 3.50. The Hall–Kier alpha value is -0.120. The molecule has 0 radical (unpaired) electrons. The van der Waals surface area contributed by atoms with E-state index in [1.54, 1.807) is 0 Å². The summed E-state index contributed by atoms with van der Waals surface area (Å²) in [5.74, 6) is 0. The second-order valence-corrected chi connectivity index (χ2v) is 4.14. The van der Waals surface area contributed by atoms with Crippen molar-refractivity contribution in [2.24, 2.45) is 0 Å². The molecule has 0 aromatic heterocycles. The third kappa shape index (κ3) is 4.40. The van der Waals surface area contributed by atoms with Crippen LogP contribution in [0.3, 0.4) is 0 Å². The monoisotopic (exact) mass is 199 g/mol. The summed E-state index contributed by atoms with van der Waals surface area (Å²) in [6.45, 7) is 10.4. The Morgan fingerprint density at radius 1 is 1.07 bits per heavy atom. The van der Waals surface area contributed by atoms with Crippen LogP contribution < -0.4 is 5.43 Å². The van der Waals surface area contributed by atoms with Crippen LogP contribution in [-0.4, -0.2) is 42.8 Å². The van der Waals surface area contributed by atoms with Gasteiger partial charge in [0, 0.05) is 19.6 Å². The molecule has 0 aromatic carbocycles. The average Bonchev–Trinajstić information content (AvgIpc) is 2.61. The zero-order chi connectivity index (χ0) is 10.2. The van der Waals surface area contributed by atoms with Crippen LogP contribution in [0.4, 0.5) is 0 Å². The Kier molecular flexibility index (Phi) is 6.15. The normalized spacial score (nSPS) is 19.3. The van der Waals surface area contributed by atoms with E-state index in [1.165, 1.54) is 45.3 Å². The molecule has 1 aliphatic heterocycles. The highest BCUT2D eigenvalue weighted by Crippen LogP contribution is 2.02. The third-order valence-electron chi connectivity index (χ3n) is 2.71. The Bertz CT molecular complexity index is 138. The molecular weight excluding hydrogens is 174 g/mol. The number of hydrogen-bond acceptors (Lipinski definition) is 3. The molecule has 1 N–H and O–H groups in total. The van der Waals surface area contributed by atoms with E-state index in [1.807, 2.05) is 0 Å². The average molecular weight is 199 g/mol. The van der Waals surface area contributed by atoms with E-state index in [0.29, 0.717) is 0 Å². The first-order chi connectivity index (χ1) is 6.86. The highest BCUT2D eigenvalue weighted by atomic mass is 15.6. The topological polar surface area (TPSA) is 18.5 Å². The van der Waals surface area contributed by atoms with E-state index in [2.05, 4.69) is 29.2 Å². The molecule has 0 atom stereocenters. The Balaban J connectivity index is 1.98. The number of hydrazine groups is 1. The molecule has 0 aromatic rings. The Morgan fingerprint density at radius 3 is 2.64 bits per heavy atom. The second kappa shape index (κ2) is 7.21. The first-order valence-electron chi connectivity index (χ1n) is 6.07. The van der Waals surface area contributed by atoms with E-state index in [4.69, 9.17) is 0 Å². The van der Waals surface area contributed by atoms with Crippen LogP contribution >= 0.6 is 0 Å². The van der Waals surface area contributed by atoms with E-state index in [9.17, 15) is 0 Å². The van der Waals surface area contributed by atoms with Gasteiger partial charge in [-0.15, -0.1) is 0 Å². The second-order valence-electron chi connectivity index (χ2n) is 4.14. The first kappa shape index (κ1) is 12.0. The van der Waals surface area contributed by atoms with Crippen molar-refractivity contribution in [1.82, 2.24) is 15.3 Å². The lowest BCUT2D eigenvalue weighted by Gasteiger charge is -2.18. The third-order valence-corrected chi connectivity index (χ3v) is 2.71. The van der Waals surface area contributed by atoms with Gasteiger partial charge in [-0.05, 0) is 19.4 Å². The summed E-state index contributed by atoms with van der Waals surface area (Å²) in [7, 11) is 0. The Labute approximate surface area is 88.4 Å². The van der Waals surface area contributed by atoms with Gasteiger partial charge in [0.25, 0.3) is 0 Å². The fraction of sp³-hybridized carbons (Fsp3) is 1.00. The highest BCUT2D eigenvalue weighted by molar-refractivity contribution is 4.67. The highest BCUT2D eigenvalue weighted by Gasteiger charge is 2.17. The largest absolute Gasteiger partial charge is 0.288 e. The lowest BCUT2D eigenvalue weighted by molar-refractivity contribution is 0.183. The lowest BCUT2D eigenvalue weighted by atomic mass is 10.2. The minimum atomic E-state index is 1.11. The van der Waals surface area contributed by atoms with Gasteiger partial charge in [0.1, 0.15) is 0 Å². The molecule has 84 valence electrons. The van der Waals surface area contributed by atoms with Crippen molar-refractivity contribution >= 4 is 0 Å². The molecule has 0 unspecified atom stereocenters. The number of rotatable bonds is 7. The molecule has 1 heterocycles. The smallest absolute Gasteiger partial charge is 0.0646 e. The quantitative estimate of drug-likeness (QED) is 0.629. The van der Waals surface area contributed by atoms with Crippen LogP contribution in [0.25, 0.3) is 0 Å². The van der Waals surface area contributed by atoms with Crippen LogP contribution in [0.15, 0.2) is 0 Å². The van der Waals surface area contributed by atoms with Crippen molar-refractivity contribution in [3.8, 4) is 0 Å². The molecule has 0 spiro atoms. The maximum Gasteiger partial charge on any atom is 0.0646 e. The van der Waals surface area contributed by atoms with Gasteiger partial charge in [0.15, 0.2) is 0 Å². The number of nitrogens with zero attached hydrogens (tertiary/aromatic N) is 2. The van der Waals surface area contributed by atoms with Crippen molar-refractivity contribution in [1.29, 1.82) is 0 Å². The fourth-order valence-corrected chi connectivity index (χ4v) is 1.88. The van der Waals surface area contributed by atoms with Gasteiger partial charge in [-0.3, -0.25) is 10.3 Å². The van der Waals surface area contributed by atoms with E-state index >= 15 is 0 Å². The van der Waals surface area contributed by atoms with Gasteiger partial charge < -0.3 is 0 Å². The van der Waals surface area contributed by atoms with Crippen molar-refractivity contribution in [3.05, 3.63) is 0 Å². The molecule has 14 heavy (non-hydrogen) atoms. The molecule has 0 saturated carbocycles. The van der Waals surface area contributed by atoms with Gasteiger partial charge in [-0.1, -0.05) is 26.7 Å². The van der Waals surface area contributed by atoms with E-state index < -0.39 is 0 Å². The van der Waals surface area contributed by atoms with Gasteiger partial charge >= 0.3 is 0 Å². The Morgan fingerprint density at radius 2 is 1.93 bits per heavy atom. The number of hydrogen-bond donors (Lipinski definition) is 1. The molecule has 1 saturated heterocycles. The summed E-state index contributed by atoms with van der Waals surface area (Å²) < 4.78 is 0. The SMILES string of the molecule is CCCCCNN1CCN(CCC)C1. The molecule has 1 fully saturated rings. The summed E-state index contributed by atoms with van der Waals surface area (Å²) in [5, 5.41) is 2.35. The fourth-order valence-electron chi connectivity index (χ4n) is 1.88. The molecular formula is C11H25N3. The molecule has 1 rings (SSSR count). The maximum absolute atomic E-state index is 3.50. The van der Waals surface area contributed by atoms with Gasteiger partial charge in [0.2, 0.25) is 0 Å². The van der Waals surface area contributed by atoms with Crippen LogP contribution in [0.1, 0.15) is 39.5 Å². The van der Waals surface area contributed by atoms with Crippen LogP contribution in [0, 0.1) is 0 Å². The van der Waals surface area contributed by atoms with Crippen LogP contribution in [-0.2, 0) is 0 Å². The minimum Gasteiger partial charge on any atom is -0.288 e. The molecule has 3 heteroatoms. The molecule has 0 amide bonds. The molecule has 3 nitrogen and oxygen atoms in total. The molecule has 0 aliphatic carbocycles. The first-order valence-corrected chi connectivity index (χ1v) is 6.07. The van der Waals surface area contributed by atoms with Gasteiger partial charge in [-0.25, -0.2) is 5.01 Å². The maximum atomic E-state index is 3.50. The summed E-state index contributed by atoms with van der Waals surface area (Å²) >= 11 is 0.